The van der Waals surface area contributed by atoms with Gasteiger partial charge in [0.05, 0.1) is 5.54 Å². The Morgan fingerprint density at radius 2 is 1.79 bits per heavy atom. The Labute approximate surface area is 145 Å². The number of allylic oxidation sites excluding steroid dienone is 3. The highest BCUT2D eigenvalue weighted by Gasteiger charge is 2.17. The van der Waals surface area contributed by atoms with Crippen molar-refractivity contribution in [3.05, 3.63) is 65.4 Å². The largest absolute Gasteiger partial charge is 0.377 e. The Bertz CT molecular complexity index is 846. The fourth-order valence-electron chi connectivity index (χ4n) is 3.12. The highest BCUT2D eigenvalue weighted by molar-refractivity contribution is 6.05. The lowest BCUT2D eigenvalue weighted by molar-refractivity contribution is 0.533. The van der Waals surface area contributed by atoms with Crippen LogP contribution >= 0.6 is 0 Å². The molecule has 0 spiro atoms. The number of aliphatic imine (C=N–C) groups is 1. The molecule has 0 heterocycles. The number of benzene rings is 2. The van der Waals surface area contributed by atoms with Gasteiger partial charge in [-0.2, -0.15) is 0 Å². The van der Waals surface area contributed by atoms with Crippen LogP contribution in [0, 0.1) is 0 Å². The SMILES string of the molecule is CN(C)C1=C(c2ccc3ccccc3c2/C=N/C(C)(C)C)CC=C1. The molecule has 0 radical (unpaired) electrons. The number of fused-ring (bicyclic) bond motifs is 1. The second kappa shape index (κ2) is 6.27. The minimum Gasteiger partial charge on any atom is -0.377 e. The van der Waals surface area contributed by atoms with Gasteiger partial charge in [-0.1, -0.05) is 42.5 Å². The van der Waals surface area contributed by atoms with Crippen molar-refractivity contribution in [1.82, 2.24) is 4.90 Å². The molecule has 0 aliphatic heterocycles. The van der Waals surface area contributed by atoms with Crippen molar-refractivity contribution < 1.29 is 0 Å². The van der Waals surface area contributed by atoms with Crippen molar-refractivity contribution in [2.45, 2.75) is 32.7 Å². The van der Waals surface area contributed by atoms with Gasteiger partial charge in [0.15, 0.2) is 0 Å². The molecule has 0 bridgehead atoms. The molecule has 0 unspecified atom stereocenters. The summed E-state index contributed by atoms with van der Waals surface area (Å²) in [7, 11) is 4.21. The summed E-state index contributed by atoms with van der Waals surface area (Å²) >= 11 is 0. The van der Waals surface area contributed by atoms with E-state index >= 15 is 0 Å². The number of rotatable bonds is 3. The molecule has 2 aromatic carbocycles. The molecule has 2 heteroatoms. The quantitative estimate of drug-likeness (QED) is 0.702. The van der Waals surface area contributed by atoms with Crippen LogP contribution in [0.2, 0.25) is 0 Å². The summed E-state index contributed by atoms with van der Waals surface area (Å²) in [5.41, 5.74) is 5.09. The molecular weight excluding hydrogens is 292 g/mol. The Kier molecular flexibility index (Phi) is 4.31. The molecule has 124 valence electrons. The van der Waals surface area contributed by atoms with Gasteiger partial charge in [0, 0.05) is 31.6 Å². The van der Waals surface area contributed by atoms with Crippen LogP contribution in [-0.2, 0) is 0 Å². The summed E-state index contributed by atoms with van der Waals surface area (Å²) in [4.78, 5) is 6.99. The van der Waals surface area contributed by atoms with Crippen molar-refractivity contribution in [3.63, 3.8) is 0 Å². The third kappa shape index (κ3) is 3.28. The van der Waals surface area contributed by atoms with Crippen molar-refractivity contribution in [2.75, 3.05) is 14.1 Å². The van der Waals surface area contributed by atoms with E-state index in [1.807, 2.05) is 0 Å². The van der Waals surface area contributed by atoms with Gasteiger partial charge in [-0.3, -0.25) is 4.99 Å². The lowest BCUT2D eigenvalue weighted by Crippen LogP contribution is -2.12. The van der Waals surface area contributed by atoms with Crippen molar-refractivity contribution in [3.8, 4) is 0 Å². The number of hydrogen-bond acceptors (Lipinski definition) is 2. The predicted octanol–water partition coefficient (Wildman–Crippen LogP) is 5.29. The minimum atomic E-state index is -0.0824. The monoisotopic (exact) mass is 318 g/mol. The second-order valence-corrected chi connectivity index (χ2v) is 7.54. The van der Waals surface area contributed by atoms with Gasteiger partial charge in [-0.15, -0.1) is 0 Å². The van der Waals surface area contributed by atoms with Crippen LogP contribution in [-0.4, -0.2) is 30.7 Å². The second-order valence-electron chi connectivity index (χ2n) is 7.54. The van der Waals surface area contributed by atoms with Gasteiger partial charge in [-0.05, 0) is 55.2 Å². The van der Waals surface area contributed by atoms with Crippen LogP contribution in [0.3, 0.4) is 0 Å². The summed E-state index contributed by atoms with van der Waals surface area (Å²) in [5, 5.41) is 2.52. The molecule has 0 aromatic heterocycles. The van der Waals surface area contributed by atoms with Gasteiger partial charge in [0.1, 0.15) is 0 Å². The van der Waals surface area contributed by atoms with Gasteiger partial charge in [-0.25, -0.2) is 0 Å². The molecule has 0 amide bonds. The summed E-state index contributed by atoms with van der Waals surface area (Å²) in [6, 6.07) is 13.0. The molecule has 24 heavy (non-hydrogen) atoms. The first kappa shape index (κ1) is 16.5. The zero-order valence-corrected chi connectivity index (χ0v) is 15.3. The predicted molar refractivity (Wildman–Crippen MR) is 106 cm³/mol. The summed E-state index contributed by atoms with van der Waals surface area (Å²) in [5.74, 6) is 0. The van der Waals surface area contributed by atoms with Gasteiger partial charge in [0.25, 0.3) is 0 Å². The zero-order valence-electron chi connectivity index (χ0n) is 15.3. The van der Waals surface area contributed by atoms with Crippen LogP contribution in [0.1, 0.15) is 38.3 Å². The molecule has 0 saturated carbocycles. The molecular formula is C22H26N2. The fraction of sp³-hybridized carbons (Fsp3) is 0.318. The van der Waals surface area contributed by atoms with Crippen LogP contribution in [0.25, 0.3) is 16.3 Å². The number of hydrogen-bond donors (Lipinski definition) is 0. The molecule has 0 saturated heterocycles. The molecule has 1 aliphatic carbocycles. The minimum absolute atomic E-state index is 0.0824. The van der Waals surface area contributed by atoms with Gasteiger partial charge >= 0.3 is 0 Å². The van der Waals surface area contributed by atoms with Crippen molar-refractivity contribution >= 4 is 22.6 Å². The van der Waals surface area contributed by atoms with E-state index in [1.165, 1.54) is 33.2 Å². The molecule has 2 aromatic rings. The van der Waals surface area contributed by atoms with E-state index in [1.54, 1.807) is 0 Å². The van der Waals surface area contributed by atoms with E-state index in [0.29, 0.717) is 0 Å². The van der Waals surface area contributed by atoms with E-state index in [0.717, 1.165) is 6.42 Å². The van der Waals surface area contributed by atoms with E-state index in [2.05, 4.69) is 94.5 Å². The summed E-state index contributed by atoms with van der Waals surface area (Å²) < 4.78 is 0. The van der Waals surface area contributed by atoms with Crippen LogP contribution in [0.5, 0.6) is 0 Å². The standard InChI is InChI=1S/C22H26N2/c1-22(2,3)23-15-20-17-10-7-6-9-16(17)13-14-18(20)19-11-8-12-21(19)24(4)5/h6-10,12-15H,11H2,1-5H3/b23-15+. The maximum absolute atomic E-state index is 4.80. The molecule has 2 nitrogen and oxygen atoms in total. The van der Waals surface area contributed by atoms with E-state index in [4.69, 9.17) is 4.99 Å². The Balaban J connectivity index is 2.25. The highest BCUT2D eigenvalue weighted by atomic mass is 15.1. The third-order valence-corrected chi connectivity index (χ3v) is 4.27. The maximum atomic E-state index is 4.80. The fourth-order valence-corrected chi connectivity index (χ4v) is 3.12. The summed E-state index contributed by atoms with van der Waals surface area (Å²) in [6.07, 6.45) is 7.50. The van der Waals surface area contributed by atoms with Crippen molar-refractivity contribution in [2.24, 2.45) is 4.99 Å². The van der Waals surface area contributed by atoms with Gasteiger partial charge < -0.3 is 4.90 Å². The highest BCUT2D eigenvalue weighted by Crippen LogP contribution is 2.34. The maximum Gasteiger partial charge on any atom is 0.0524 e. The normalized spacial score (nSPS) is 15.0. The molecule has 0 N–H and O–H groups in total. The van der Waals surface area contributed by atoms with Gasteiger partial charge in [0.2, 0.25) is 0 Å². The summed E-state index contributed by atoms with van der Waals surface area (Å²) in [6.45, 7) is 6.40. The van der Waals surface area contributed by atoms with E-state index in [-0.39, 0.29) is 5.54 Å². The smallest absolute Gasteiger partial charge is 0.0524 e. The number of nitrogens with zero attached hydrogens (tertiary/aromatic N) is 2. The Morgan fingerprint density at radius 3 is 2.50 bits per heavy atom. The molecule has 0 fully saturated rings. The Hall–Kier alpha value is -2.35. The molecule has 1 aliphatic rings. The first-order chi connectivity index (χ1) is 11.4. The molecule has 3 rings (SSSR count). The topological polar surface area (TPSA) is 15.6 Å². The lowest BCUT2D eigenvalue weighted by atomic mass is 9.93. The van der Waals surface area contributed by atoms with Crippen LogP contribution in [0.15, 0.2) is 59.2 Å². The van der Waals surface area contributed by atoms with E-state index in [9.17, 15) is 0 Å². The zero-order chi connectivity index (χ0) is 17.3. The third-order valence-electron chi connectivity index (χ3n) is 4.27. The first-order valence-electron chi connectivity index (χ1n) is 8.51. The van der Waals surface area contributed by atoms with Crippen molar-refractivity contribution in [1.29, 1.82) is 0 Å². The molecule has 0 atom stereocenters. The lowest BCUT2D eigenvalue weighted by Gasteiger charge is -2.19. The average Bonchev–Trinajstić information content (AvgIpc) is 3.01. The van der Waals surface area contributed by atoms with E-state index < -0.39 is 0 Å². The van der Waals surface area contributed by atoms with Crippen LogP contribution < -0.4 is 0 Å². The first-order valence-corrected chi connectivity index (χ1v) is 8.51. The van der Waals surface area contributed by atoms with Crippen LogP contribution in [0.4, 0.5) is 0 Å². The Morgan fingerprint density at radius 1 is 1.04 bits per heavy atom. The average molecular weight is 318 g/mol. The number of likely N-dealkylation sites (N-methyl/N-ethyl adjacent to an activating group) is 1.